The van der Waals surface area contributed by atoms with Crippen molar-refractivity contribution in [2.75, 3.05) is 20.1 Å². The minimum absolute atomic E-state index is 0. The van der Waals surface area contributed by atoms with Crippen LogP contribution >= 0.6 is 23.7 Å². The van der Waals surface area contributed by atoms with Crippen LogP contribution in [-0.2, 0) is 6.54 Å². The second-order valence-corrected chi connectivity index (χ2v) is 5.57. The Morgan fingerprint density at radius 3 is 2.81 bits per heavy atom. The Hall–Kier alpha value is -0.160. The molecule has 2 aliphatic rings. The van der Waals surface area contributed by atoms with Gasteiger partial charge in [0.2, 0.25) is 0 Å². The molecule has 1 saturated carbocycles. The van der Waals surface area contributed by atoms with Crippen LogP contribution in [0.25, 0.3) is 0 Å². The Morgan fingerprint density at radius 2 is 2.25 bits per heavy atom. The van der Waals surface area contributed by atoms with Gasteiger partial charge in [0.05, 0.1) is 10.7 Å². The fourth-order valence-corrected chi connectivity index (χ4v) is 2.86. The molecule has 2 heterocycles. The van der Waals surface area contributed by atoms with Gasteiger partial charge in [0.1, 0.15) is 0 Å². The lowest BCUT2D eigenvalue weighted by Crippen LogP contribution is -2.55. The van der Waals surface area contributed by atoms with E-state index in [9.17, 15) is 0 Å². The van der Waals surface area contributed by atoms with Gasteiger partial charge < -0.3 is 5.32 Å². The van der Waals surface area contributed by atoms with Gasteiger partial charge >= 0.3 is 0 Å². The Morgan fingerprint density at radius 1 is 1.50 bits per heavy atom. The number of thiazole rings is 1. The molecule has 0 bridgehead atoms. The predicted molar refractivity (Wildman–Crippen MR) is 69.5 cm³/mol. The van der Waals surface area contributed by atoms with Crippen LogP contribution in [0.3, 0.4) is 0 Å². The first-order valence-electron chi connectivity index (χ1n) is 5.68. The fraction of sp³-hybridized carbons (Fsp3) is 0.727. The second kappa shape index (κ2) is 5.00. The summed E-state index contributed by atoms with van der Waals surface area (Å²) in [6.45, 7) is 3.28. The molecule has 0 amide bonds. The van der Waals surface area contributed by atoms with Crippen molar-refractivity contribution in [3.63, 3.8) is 0 Å². The van der Waals surface area contributed by atoms with Crippen LogP contribution < -0.4 is 5.32 Å². The average Bonchev–Trinajstić information content (AvgIpc) is 2.86. The average molecular weight is 260 g/mol. The summed E-state index contributed by atoms with van der Waals surface area (Å²) in [7, 11) is 2.20. The Bertz CT molecular complexity index is 347. The van der Waals surface area contributed by atoms with E-state index in [-0.39, 0.29) is 12.4 Å². The summed E-state index contributed by atoms with van der Waals surface area (Å²) in [5.74, 6) is 0.805. The highest BCUT2D eigenvalue weighted by Crippen LogP contribution is 2.41. The molecule has 5 heteroatoms. The molecular weight excluding hydrogens is 242 g/mol. The van der Waals surface area contributed by atoms with Gasteiger partial charge in [-0.1, -0.05) is 0 Å². The molecule has 3 nitrogen and oxygen atoms in total. The number of rotatable bonds is 4. The van der Waals surface area contributed by atoms with Crippen LogP contribution in [0.4, 0.5) is 0 Å². The summed E-state index contributed by atoms with van der Waals surface area (Å²) in [4.78, 5) is 7.11. The predicted octanol–water partition coefficient (Wildman–Crippen LogP) is 1.85. The molecule has 2 fully saturated rings. The first kappa shape index (κ1) is 12.3. The molecule has 90 valence electrons. The van der Waals surface area contributed by atoms with E-state index in [0.29, 0.717) is 0 Å². The molecule has 0 atom stereocenters. The van der Waals surface area contributed by atoms with Gasteiger partial charge in [-0.2, -0.15) is 0 Å². The SMILES string of the molecule is CN(Cc1csc(C2CC2)n1)C1CNC1.Cl. The van der Waals surface area contributed by atoms with E-state index < -0.39 is 0 Å². The van der Waals surface area contributed by atoms with E-state index in [4.69, 9.17) is 4.98 Å². The number of hydrogen-bond donors (Lipinski definition) is 1. The lowest BCUT2D eigenvalue weighted by Gasteiger charge is -2.35. The molecular formula is C11H18ClN3S. The Balaban J connectivity index is 0.000000963. The first-order valence-corrected chi connectivity index (χ1v) is 6.56. The maximum atomic E-state index is 4.71. The van der Waals surface area contributed by atoms with Gasteiger partial charge in [0.25, 0.3) is 0 Å². The lowest BCUT2D eigenvalue weighted by molar-refractivity contribution is 0.171. The summed E-state index contributed by atoms with van der Waals surface area (Å²) >= 11 is 1.85. The third-order valence-electron chi connectivity index (χ3n) is 3.29. The van der Waals surface area contributed by atoms with Crippen LogP contribution in [0.1, 0.15) is 29.5 Å². The van der Waals surface area contributed by atoms with E-state index in [1.54, 1.807) is 0 Å². The first-order chi connectivity index (χ1) is 7.33. The maximum Gasteiger partial charge on any atom is 0.0959 e. The number of aromatic nitrogens is 1. The molecule has 1 aliphatic carbocycles. The number of likely N-dealkylation sites (N-methyl/N-ethyl adjacent to an activating group) is 1. The standard InChI is InChI=1S/C11H17N3S.ClH/c1-14(10-4-12-5-10)6-9-7-15-11(13-9)8-2-3-8;/h7-8,10,12H,2-6H2,1H3;1H. The van der Waals surface area contributed by atoms with Crippen molar-refractivity contribution in [2.45, 2.75) is 31.3 Å². The topological polar surface area (TPSA) is 28.2 Å². The minimum Gasteiger partial charge on any atom is -0.314 e. The van der Waals surface area contributed by atoms with Gasteiger partial charge in [-0.15, -0.1) is 23.7 Å². The van der Waals surface area contributed by atoms with Gasteiger partial charge in [-0.3, -0.25) is 4.90 Å². The molecule has 1 aromatic heterocycles. The zero-order chi connectivity index (χ0) is 10.3. The van der Waals surface area contributed by atoms with Crippen LogP contribution in [0.15, 0.2) is 5.38 Å². The van der Waals surface area contributed by atoms with Crippen molar-refractivity contribution in [2.24, 2.45) is 0 Å². The minimum atomic E-state index is 0. The van der Waals surface area contributed by atoms with Crippen molar-refractivity contribution in [1.29, 1.82) is 0 Å². The summed E-state index contributed by atoms with van der Waals surface area (Å²) in [6, 6.07) is 0.719. The maximum absolute atomic E-state index is 4.71. The smallest absolute Gasteiger partial charge is 0.0959 e. The molecule has 0 unspecified atom stereocenters. The molecule has 1 N–H and O–H groups in total. The van der Waals surface area contributed by atoms with Crippen LogP contribution in [0, 0.1) is 0 Å². The third-order valence-corrected chi connectivity index (χ3v) is 4.35. The van der Waals surface area contributed by atoms with Gasteiger partial charge in [-0.05, 0) is 19.9 Å². The lowest BCUT2D eigenvalue weighted by atomic mass is 10.1. The van der Waals surface area contributed by atoms with Gasteiger partial charge in [-0.25, -0.2) is 4.98 Å². The summed E-state index contributed by atoms with van der Waals surface area (Å²) in [6.07, 6.45) is 2.71. The van der Waals surface area contributed by atoms with Crippen LogP contribution in [-0.4, -0.2) is 36.1 Å². The van der Waals surface area contributed by atoms with E-state index in [2.05, 4.69) is 22.6 Å². The second-order valence-electron chi connectivity index (χ2n) is 4.68. The molecule has 1 aromatic rings. The third kappa shape index (κ3) is 2.56. The van der Waals surface area contributed by atoms with Crippen molar-refractivity contribution in [3.8, 4) is 0 Å². The quantitative estimate of drug-likeness (QED) is 0.895. The van der Waals surface area contributed by atoms with Crippen molar-refractivity contribution >= 4 is 23.7 Å². The molecule has 16 heavy (non-hydrogen) atoms. The molecule has 1 saturated heterocycles. The highest BCUT2D eigenvalue weighted by atomic mass is 35.5. The zero-order valence-corrected chi connectivity index (χ0v) is 11.1. The van der Waals surface area contributed by atoms with Crippen molar-refractivity contribution < 1.29 is 0 Å². The van der Waals surface area contributed by atoms with Crippen LogP contribution in [0.5, 0.6) is 0 Å². The molecule has 0 spiro atoms. The Labute approximate surface area is 107 Å². The zero-order valence-electron chi connectivity index (χ0n) is 9.48. The Kier molecular flexibility index (Phi) is 3.85. The molecule has 0 radical (unpaired) electrons. The largest absolute Gasteiger partial charge is 0.314 e. The summed E-state index contributed by atoms with van der Waals surface area (Å²) in [5.41, 5.74) is 1.26. The van der Waals surface area contributed by atoms with E-state index in [1.807, 2.05) is 11.3 Å². The molecule has 3 rings (SSSR count). The molecule has 1 aliphatic heterocycles. The van der Waals surface area contributed by atoms with E-state index >= 15 is 0 Å². The van der Waals surface area contributed by atoms with E-state index in [0.717, 1.165) is 31.6 Å². The van der Waals surface area contributed by atoms with E-state index in [1.165, 1.54) is 23.5 Å². The fourth-order valence-electron chi connectivity index (χ4n) is 1.88. The highest BCUT2D eigenvalue weighted by Gasteiger charge is 2.27. The van der Waals surface area contributed by atoms with Crippen molar-refractivity contribution in [3.05, 3.63) is 16.1 Å². The van der Waals surface area contributed by atoms with Crippen molar-refractivity contribution in [1.82, 2.24) is 15.2 Å². The monoisotopic (exact) mass is 259 g/mol. The number of nitrogens with one attached hydrogen (secondary N) is 1. The summed E-state index contributed by atoms with van der Waals surface area (Å²) in [5, 5.41) is 6.90. The van der Waals surface area contributed by atoms with Gasteiger partial charge in [0, 0.05) is 37.0 Å². The normalized spacial score (nSPS) is 20.6. The highest BCUT2D eigenvalue weighted by molar-refractivity contribution is 7.09. The molecule has 0 aromatic carbocycles. The van der Waals surface area contributed by atoms with Crippen LogP contribution in [0.2, 0.25) is 0 Å². The number of hydrogen-bond acceptors (Lipinski definition) is 4. The van der Waals surface area contributed by atoms with Gasteiger partial charge in [0.15, 0.2) is 0 Å². The number of halogens is 1. The summed E-state index contributed by atoms with van der Waals surface area (Å²) < 4.78 is 0. The number of nitrogens with zero attached hydrogens (tertiary/aromatic N) is 2.